The zero-order valence-corrected chi connectivity index (χ0v) is 12.5. The van der Waals surface area contributed by atoms with Crippen LogP contribution >= 0.6 is 27.3 Å². The van der Waals surface area contributed by atoms with Gasteiger partial charge in [0.1, 0.15) is 0 Å². The molecular formula is C14H11BrO3S. The van der Waals surface area contributed by atoms with Crippen molar-refractivity contribution in [2.45, 2.75) is 0 Å². The summed E-state index contributed by atoms with van der Waals surface area (Å²) in [6, 6.07) is 6.81. The summed E-state index contributed by atoms with van der Waals surface area (Å²) in [6.07, 6.45) is 3.14. The highest BCUT2D eigenvalue weighted by molar-refractivity contribution is 9.10. The zero-order valence-electron chi connectivity index (χ0n) is 10.1. The van der Waals surface area contributed by atoms with Gasteiger partial charge in [0.25, 0.3) is 0 Å². The number of carbonyl (C=O) groups is 1. The number of phenols is 1. The van der Waals surface area contributed by atoms with Gasteiger partial charge in [-0.25, -0.2) is 0 Å². The minimum Gasteiger partial charge on any atom is -0.504 e. The van der Waals surface area contributed by atoms with Crippen molar-refractivity contribution >= 4 is 39.1 Å². The van der Waals surface area contributed by atoms with E-state index in [-0.39, 0.29) is 11.5 Å². The van der Waals surface area contributed by atoms with Crippen molar-refractivity contribution in [3.05, 3.63) is 50.6 Å². The van der Waals surface area contributed by atoms with Crippen LogP contribution in [0.1, 0.15) is 15.2 Å². The monoisotopic (exact) mass is 338 g/mol. The first-order chi connectivity index (χ1) is 9.11. The number of allylic oxidation sites excluding steroid dienone is 1. The summed E-state index contributed by atoms with van der Waals surface area (Å²) in [4.78, 5) is 12.5. The van der Waals surface area contributed by atoms with E-state index in [2.05, 4.69) is 15.9 Å². The molecule has 5 heteroatoms. The summed E-state index contributed by atoms with van der Waals surface area (Å²) in [6.45, 7) is 0. The van der Waals surface area contributed by atoms with Crippen LogP contribution in [0.4, 0.5) is 0 Å². The molecule has 0 fully saturated rings. The molecule has 0 bridgehead atoms. The van der Waals surface area contributed by atoms with E-state index in [1.807, 2.05) is 11.4 Å². The smallest absolute Gasteiger partial charge is 0.195 e. The summed E-state index contributed by atoms with van der Waals surface area (Å²) in [5.41, 5.74) is 0.711. The predicted octanol–water partition coefficient (Wildman–Crippen LogP) is 4.12. The van der Waals surface area contributed by atoms with Gasteiger partial charge in [0.2, 0.25) is 0 Å². The van der Waals surface area contributed by atoms with Crippen LogP contribution in [-0.2, 0) is 0 Å². The summed E-state index contributed by atoms with van der Waals surface area (Å²) < 4.78 is 5.74. The van der Waals surface area contributed by atoms with Crippen LogP contribution in [-0.4, -0.2) is 18.0 Å². The lowest BCUT2D eigenvalue weighted by atomic mass is 10.1. The number of hydrogen-bond acceptors (Lipinski definition) is 4. The number of halogens is 1. The number of methoxy groups -OCH3 is 1. The molecule has 1 aromatic carbocycles. The van der Waals surface area contributed by atoms with Gasteiger partial charge in [-0.15, -0.1) is 11.3 Å². The fourth-order valence-corrected chi connectivity index (χ4v) is 2.62. The second-order valence-electron chi connectivity index (χ2n) is 3.72. The van der Waals surface area contributed by atoms with Crippen molar-refractivity contribution in [1.29, 1.82) is 0 Å². The number of hydrogen-bond donors (Lipinski definition) is 1. The van der Waals surface area contributed by atoms with Gasteiger partial charge in [-0.1, -0.05) is 22.0 Å². The first-order valence-corrected chi connectivity index (χ1v) is 7.11. The van der Waals surface area contributed by atoms with Crippen LogP contribution in [0.3, 0.4) is 0 Å². The molecule has 0 radical (unpaired) electrons. The number of ketones is 1. The lowest BCUT2D eigenvalue weighted by Gasteiger charge is -2.06. The Labute approximate surface area is 123 Å². The van der Waals surface area contributed by atoms with Gasteiger partial charge in [0.05, 0.1) is 12.0 Å². The molecule has 3 nitrogen and oxygen atoms in total. The Morgan fingerprint density at radius 1 is 1.47 bits per heavy atom. The third kappa shape index (κ3) is 3.24. The fourth-order valence-electron chi connectivity index (χ4n) is 1.52. The standard InChI is InChI=1S/C14H11BrO3S/c1-18-13-8-10(15)9(7-12(13)17)4-5-11(16)14-3-2-6-19-14/h2-8,17H,1H3. The van der Waals surface area contributed by atoms with Gasteiger partial charge in [-0.2, -0.15) is 0 Å². The molecule has 0 aliphatic heterocycles. The SMILES string of the molecule is COc1cc(Br)c(C=CC(=O)c2cccs2)cc1O. The Hall–Kier alpha value is -1.59. The van der Waals surface area contributed by atoms with Crippen LogP contribution in [0.15, 0.2) is 40.2 Å². The number of rotatable bonds is 4. The van der Waals surface area contributed by atoms with E-state index in [4.69, 9.17) is 4.74 Å². The first-order valence-electron chi connectivity index (χ1n) is 5.44. The first kappa shape index (κ1) is 13.8. The van der Waals surface area contributed by atoms with Crippen LogP contribution in [0.2, 0.25) is 0 Å². The number of carbonyl (C=O) groups excluding carboxylic acids is 1. The van der Waals surface area contributed by atoms with Crippen molar-refractivity contribution in [3.8, 4) is 11.5 Å². The number of thiophene rings is 1. The number of phenolic OH excluding ortho intramolecular Hbond substituents is 1. The number of benzene rings is 1. The largest absolute Gasteiger partial charge is 0.504 e. The number of ether oxygens (including phenoxy) is 1. The average molecular weight is 339 g/mol. The Balaban J connectivity index is 2.24. The summed E-state index contributed by atoms with van der Waals surface area (Å²) in [7, 11) is 1.48. The lowest BCUT2D eigenvalue weighted by molar-refractivity contribution is 0.105. The number of aromatic hydroxyl groups is 1. The lowest BCUT2D eigenvalue weighted by Crippen LogP contribution is -1.90. The molecule has 0 spiro atoms. The van der Waals surface area contributed by atoms with E-state index < -0.39 is 0 Å². The van der Waals surface area contributed by atoms with E-state index >= 15 is 0 Å². The highest BCUT2D eigenvalue weighted by Crippen LogP contribution is 2.33. The minimum atomic E-state index is -0.0581. The van der Waals surface area contributed by atoms with Gasteiger partial charge in [-0.05, 0) is 41.3 Å². The van der Waals surface area contributed by atoms with Crippen molar-refractivity contribution in [2.24, 2.45) is 0 Å². The molecule has 1 aromatic heterocycles. The molecule has 0 unspecified atom stereocenters. The van der Waals surface area contributed by atoms with E-state index in [0.717, 1.165) is 4.47 Å². The molecule has 1 heterocycles. The Bertz CT molecular complexity index is 618. The highest BCUT2D eigenvalue weighted by Gasteiger charge is 2.07. The van der Waals surface area contributed by atoms with Crippen LogP contribution in [0.25, 0.3) is 6.08 Å². The zero-order chi connectivity index (χ0) is 13.8. The van der Waals surface area contributed by atoms with Crippen LogP contribution < -0.4 is 4.74 Å². The maximum Gasteiger partial charge on any atom is 0.195 e. The normalized spacial score (nSPS) is 10.8. The average Bonchev–Trinajstić information content (AvgIpc) is 2.93. The molecule has 0 atom stereocenters. The van der Waals surface area contributed by atoms with Gasteiger partial charge in [-0.3, -0.25) is 4.79 Å². The second kappa shape index (κ2) is 6.04. The van der Waals surface area contributed by atoms with Gasteiger partial charge in [0, 0.05) is 4.47 Å². The Morgan fingerprint density at radius 2 is 2.26 bits per heavy atom. The van der Waals surface area contributed by atoms with E-state index in [9.17, 15) is 9.90 Å². The highest BCUT2D eigenvalue weighted by atomic mass is 79.9. The molecule has 0 amide bonds. The fraction of sp³-hybridized carbons (Fsp3) is 0.0714. The third-order valence-electron chi connectivity index (χ3n) is 2.48. The van der Waals surface area contributed by atoms with E-state index in [0.29, 0.717) is 16.2 Å². The molecule has 19 heavy (non-hydrogen) atoms. The van der Waals surface area contributed by atoms with Crippen LogP contribution in [0, 0.1) is 0 Å². The Morgan fingerprint density at radius 3 is 2.89 bits per heavy atom. The third-order valence-corrected chi connectivity index (χ3v) is 4.05. The molecule has 0 saturated heterocycles. The van der Waals surface area contributed by atoms with Crippen molar-refractivity contribution in [2.75, 3.05) is 7.11 Å². The van der Waals surface area contributed by atoms with Crippen molar-refractivity contribution < 1.29 is 14.6 Å². The molecule has 1 N–H and O–H groups in total. The van der Waals surface area contributed by atoms with E-state index in [1.54, 1.807) is 24.3 Å². The van der Waals surface area contributed by atoms with E-state index in [1.165, 1.54) is 24.5 Å². The van der Waals surface area contributed by atoms with Crippen molar-refractivity contribution in [3.63, 3.8) is 0 Å². The molecule has 0 aliphatic carbocycles. The quantitative estimate of drug-likeness (QED) is 0.673. The Kier molecular flexibility index (Phi) is 4.39. The van der Waals surface area contributed by atoms with Gasteiger partial charge in [0.15, 0.2) is 17.3 Å². The summed E-state index contributed by atoms with van der Waals surface area (Å²) in [5.74, 6) is 0.361. The summed E-state index contributed by atoms with van der Waals surface area (Å²) >= 11 is 4.77. The van der Waals surface area contributed by atoms with Gasteiger partial charge < -0.3 is 9.84 Å². The summed E-state index contributed by atoms with van der Waals surface area (Å²) in [5, 5.41) is 11.6. The van der Waals surface area contributed by atoms with Crippen molar-refractivity contribution in [1.82, 2.24) is 0 Å². The maximum atomic E-state index is 11.8. The van der Waals surface area contributed by atoms with Crippen LogP contribution in [0.5, 0.6) is 11.5 Å². The molecular weight excluding hydrogens is 328 g/mol. The second-order valence-corrected chi connectivity index (χ2v) is 5.52. The maximum absolute atomic E-state index is 11.8. The molecule has 2 aromatic rings. The van der Waals surface area contributed by atoms with Gasteiger partial charge >= 0.3 is 0 Å². The predicted molar refractivity (Wildman–Crippen MR) is 80.0 cm³/mol. The minimum absolute atomic E-state index is 0.0360. The molecule has 0 saturated carbocycles. The molecule has 0 aliphatic rings. The molecule has 2 rings (SSSR count). The molecule has 98 valence electrons. The topological polar surface area (TPSA) is 46.5 Å².